The van der Waals surface area contributed by atoms with Gasteiger partial charge >= 0.3 is 0 Å². The van der Waals surface area contributed by atoms with Gasteiger partial charge in [0.25, 0.3) is 5.56 Å². The minimum atomic E-state index is -0.0384. The van der Waals surface area contributed by atoms with Crippen molar-refractivity contribution >= 4 is 0 Å². The number of rotatable bonds is 5. The van der Waals surface area contributed by atoms with Crippen LogP contribution in [0.2, 0.25) is 0 Å². The molecule has 154 valence electrons. The summed E-state index contributed by atoms with van der Waals surface area (Å²) in [5, 5.41) is 0. The lowest BCUT2D eigenvalue weighted by molar-refractivity contribution is -0.00619. The third-order valence-electron chi connectivity index (χ3n) is 7.15. The quantitative estimate of drug-likeness (QED) is 0.842. The highest BCUT2D eigenvalue weighted by molar-refractivity contribution is 5.56. The molecule has 1 aliphatic carbocycles. The van der Waals surface area contributed by atoms with Crippen LogP contribution in [0, 0.1) is 0 Å². The number of nitrogens with one attached hydrogen (secondary N) is 1. The first-order valence-corrected chi connectivity index (χ1v) is 11.3. The Balaban J connectivity index is 1.25. The second-order valence-electron chi connectivity index (χ2n) is 9.28. The third kappa shape index (κ3) is 4.03. The number of nitrogens with zero attached hydrogens (tertiary/aromatic N) is 3. The molecule has 2 aliphatic heterocycles. The van der Waals surface area contributed by atoms with Gasteiger partial charge in [0.2, 0.25) is 0 Å². The van der Waals surface area contributed by atoms with Crippen LogP contribution in [0.3, 0.4) is 0 Å². The van der Waals surface area contributed by atoms with E-state index in [9.17, 15) is 4.79 Å². The van der Waals surface area contributed by atoms with Crippen molar-refractivity contribution in [2.45, 2.75) is 70.0 Å². The fraction of sp³-hybridized carbons (Fsp3) is 0.583. The maximum absolute atomic E-state index is 12.2. The van der Waals surface area contributed by atoms with E-state index >= 15 is 0 Å². The van der Waals surface area contributed by atoms with Gasteiger partial charge < -0.3 is 4.98 Å². The molecule has 0 spiro atoms. The zero-order chi connectivity index (χ0) is 19.8. The second-order valence-corrected chi connectivity index (χ2v) is 9.28. The Labute approximate surface area is 173 Å². The van der Waals surface area contributed by atoms with Crippen molar-refractivity contribution < 1.29 is 0 Å². The minimum absolute atomic E-state index is 0.0384. The number of benzene rings is 1. The molecule has 1 N–H and O–H groups in total. The van der Waals surface area contributed by atoms with Crippen molar-refractivity contribution in [2.24, 2.45) is 0 Å². The maximum atomic E-state index is 12.2. The van der Waals surface area contributed by atoms with E-state index in [2.05, 4.69) is 46.0 Å². The fourth-order valence-electron chi connectivity index (χ4n) is 5.15. The predicted molar refractivity (Wildman–Crippen MR) is 116 cm³/mol. The maximum Gasteiger partial charge on any atom is 0.251 e. The summed E-state index contributed by atoms with van der Waals surface area (Å²) in [5.74, 6) is 1.18. The lowest BCUT2D eigenvalue weighted by Gasteiger charge is -2.49. The van der Waals surface area contributed by atoms with Crippen LogP contribution in [0.5, 0.6) is 0 Å². The second kappa shape index (κ2) is 8.04. The van der Waals surface area contributed by atoms with E-state index in [0.29, 0.717) is 11.7 Å². The standard InChI is InChI=1S/C24H32N4O/c1-17-6-2-3-11-28(17)21-15-27(16-21)14-18-7-4-10-20(12-18)24-25-22(13-23(29)26-24)19-8-5-9-19/h4,7,10,12-13,17,19,21H,2-3,5-6,8-9,11,14-16H2,1H3,(H,25,26,29). The van der Waals surface area contributed by atoms with E-state index in [0.717, 1.165) is 42.7 Å². The van der Waals surface area contributed by atoms with E-state index in [1.807, 2.05) is 0 Å². The molecule has 1 atom stereocenters. The molecular formula is C24H32N4O. The zero-order valence-electron chi connectivity index (χ0n) is 17.4. The summed E-state index contributed by atoms with van der Waals surface area (Å²) in [6.45, 7) is 6.96. The molecule has 3 heterocycles. The Morgan fingerprint density at radius 1 is 1.10 bits per heavy atom. The number of aromatic nitrogens is 2. The molecule has 5 nitrogen and oxygen atoms in total. The first-order valence-electron chi connectivity index (χ1n) is 11.3. The number of likely N-dealkylation sites (tertiary alicyclic amines) is 2. The molecule has 3 fully saturated rings. The van der Waals surface area contributed by atoms with Crippen LogP contribution in [0.1, 0.15) is 62.6 Å². The van der Waals surface area contributed by atoms with E-state index in [-0.39, 0.29) is 5.56 Å². The van der Waals surface area contributed by atoms with Crippen molar-refractivity contribution in [1.82, 2.24) is 19.8 Å². The van der Waals surface area contributed by atoms with Crippen molar-refractivity contribution in [3.63, 3.8) is 0 Å². The molecule has 1 aromatic carbocycles. The van der Waals surface area contributed by atoms with Crippen LogP contribution >= 0.6 is 0 Å². The number of H-pyrrole nitrogens is 1. The number of hydrogen-bond acceptors (Lipinski definition) is 4. The normalized spacial score (nSPS) is 24.2. The molecule has 1 aromatic heterocycles. The van der Waals surface area contributed by atoms with Gasteiger partial charge in [-0.3, -0.25) is 14.6 Å². The van der Waals surface area contributed by atoms with Crippen molar-refractivity contribution in [3.8, 4) is 11.4 Å². The molecule has 2 aromatic rings. The lowest BCUT2D eigenvalue weighted by atomic mass is 9.83. The molecule has 29 heavy (non-hydrogen) atoms. The lowest BCUT2D eigenvalue weighted by Crippen LogP contribution is -2.61. The highest BCUT2D eigenvalue weighted by atomic mass is 16.1. The summed E-state index contributed by atoms with van der Waals surface area (Å²) >= 11 is 0. The minimum Gasteiger partial charge on any atom is -0.307 e. The van der Waals surface area contributed by atoms with Crippen LogP contribution in [0.15, 0.2) is 35.1 Å². The Kier molecular flexibility index (Phi) is 5.27. The average Bonchev–Trinajstić information content (AvgIpc) is 2.64. The van der Waals surface area contributed by atoms with Crippen LogP contribution in [-0.4, -0.2) is 51.5 Å². The average molecular weight is 393 g/mol. The van der Waals surface area contributed by atoms with E-state index in [1.165, 1.54) is 50.9 Å². The first-order chi connectivity index (χ1) is 14.2. The van der Waals surface area contributed by atoms with Gasteiger partial charge in [-0.15, -0.1) is 0 Å². The number of hydrogen-bond donors (Lipinski definition) is 1. The van der Waals surface area contributed by atoms with Gasteiger partial charge in [0.1, 0.15) is 5.82 Å². The van der Waals surface area contributed by atoms with Crippen LogP contribution in [0.4, 0.5) is 0 Å². The summed E-state index contributed by atoms with van der Waals surface area (Å²) in [7, 11) is 0. The Morgan fingerprint density at radius 3 is 2.72 bits per heavy atom. The van der Waals surface area contributed by atoms with Gasteiger partial charge in [-0.25, -0.2) is 4.98 Å². The number of aromatic amines is 1. The SMILES string of the molecule is CC1CCCCN1C1CN(Cc2cccc(-c3nc(C4CCC4)cc(=O)[nH]3)c2)C1. The molecule has 1 saturated carbocycles. The molecular weight excluding hydrogens is 360 g/mol. The van der Waals surface area contributed by atoms with Crippen molar-refractivity contribution in [3.05, 3.63) is 51.9 Å². The number of piperidine rings is 1. The predicted octanol–water partition coefficient (Wildman–Crippen LogP) is 3.76. The van der Waals surface area contributed by atoms with Crippen molar-refractivity contribution in [1.29, 1.82) is 0 Å². The van der Waals surface area contributed by atoms with Gasteiger partial charge in [-0.2, -0.15) is 0 Å². The summed E-state index contributed by atoms with van der Waals surface area (Å²) in [4.78, 5) is 25.1. The van der Waals surface area contributed by atoms with Gasteiger partial charge in [-0.05, 0) is 50.8 Å². The molecule has 5 heteroatoms. The molecule has 0 bridgehead atoms. The molecule has 5 rings (SSSR count). The summed E-state index contributed by atoms with van der Waals surface area (Å²) in [6.07, 6.45) is 7.65. The summed E-state index contributed by atoms with van der Waals surface area (Å²) in [5.41, 5.74) is 3.23. The van der Waals surface area contributed by atoms with Crippen LogP contribution < -0.4 is 5.56 Å². The van der Waals surface area contributed by atoms with Crippen molar-refractivity contribution in [2.75, 3.05) is 19.6 Å². The largest absolute Gasteiger partial charge is 0.307 e. The molecule has 0 radical (unpaired) electrons. The highest BCUT2D eigenvalue weighted by Gasteiger charge is 2.34. The monoisotopic (exact) mass is 392 g/mol. The van der Waals surface area contributed by atoms with E-state index in [4.69, 9.17) is 4.98 Å². The van der Waals surface area contributed by atoms with Gasteiger partial charge in [0.15, 0.2) is 0 Å². The molecule has 1 unspecified atom stereocenters. The Morgan fingerprint density at radius 2 is 1.97 bits per heavy atom. The summed E-state index contributed by atoms with van der Waals surface area (Å²) < 4.78 is 0. The topological polar surface area (TPSA) is 52.2 Å². The van der Waals surface area contributed by atoms with Crippen LogP contribution in [0.25, 0.3) is 11.4 Å². The smallest absolute Gasteiger partial charge is 0.251 e. The Bertz CT molecular complexity index is 913. The van der Waals surface area contributed by atoms with E-state index in [1.54, 1.807) is 6.07 Å². The van der Waals surface area contributed by atoms with E-state index < -0.39 is 0 Å². The zero-order valence-corrected chi connectivity index (χ0v) is 17.4. The van der Waals surface area contributed by atoms with Crippen LogP contribution in [-0.2, 0) is 6.54 Å². The molecule has 0 amide bonds. The summed E-state index contributed by atoms with van der Waals surface area (Å²) in [6, 6.07) is 11.7. The van der Waals surface area contributed by atoms with Gasteiger partial charge in [0, 0.05) is 49.3 Å². The fourth-order valence-corrected chi connectivity index (χ4v) is 5.15. The Hall–Kier alpha value is -1.98. The van der Waals surface area contributed by atoms with Gasteiger partial charge in [0.05, 0.1) is 5.69 Å². The van der Waals surface area contributed by atoms with Gasteiger partial charge in [-0.1, -0.05) is 31.0 Å². The molecule has 2 saturated heterocycles. The molecule has 3 aliphatic rings. The highest BCUT2D eigenvalue weighted by Crippen LogP contribution is 2.35. The third-order valence-corrected chi connectivity index (χ3v) is 7.15. The first kappa shape index (κ1) is 19.0.